The van der Waals surface area contributed by atoms with E-state index in [9.17, 15) is 18.0 Å². The number of hydrogen-bond acceptors (Lipinski definition) is 4. The van der Waals surface area contributed by atoms with E-state index in [4.69, 9.17) is 23.2 Å². The van der Waals surface area contributed by atoms with Gasteiger partial charge in [0, 0.05) is 12.6 Å². The largest absolute Gasteiger partial charge is 0.352 e. The summed E-state index contributed by atoms with van der Waals surface area (Å²) in [6.07, 6.45) is 0. The van der Waals surface area contributed by atoms with E-state index in [-0.39, 0.29) is 23.4 Å². The molecule has 10 heteroatoms. The molecule has 208 valence electrons. The second kappa shape index (κ2) is 12.9. The molecule has 3 aromatic carbocycles. The maximum Gasteiger partial charge on any atom is 0.264 e. The number of halogens is 2. The fraction of sp³-hybridized carbons (Fsp3) is 0.310. The Morgan fingerprint density at radius 2 is 1.56 bits per heavy atom. The van der Waals surface area contributed by atoms with Gasteiger partial charge in [-0.3, -0.25) is 13.9 Å². The molecule has 0 aromatic heterocycles. The summed E-state index contributed by atoms with van der Waals surface area (Å²) in [6, 6.07) is 17.2. The molecule has 0 aliphatic rings. The molecule has 7 nitrogen and oxygen atoms in total. The quantitative estimate of drug-likeness (QED) is 0.326. The number of benzene rings is 3. The first-order chi connectivity index (χ1) is 18.3. The zero-order chi connectivity index (χ0) is 28.9. The average Bonchev–Trinajstić information content (AvgIpc) is 2.87. The van der Waals surface area contributed by atoms with E-state index in [1.165, 1.54) is 17.0 Å². The molecule has 0 aliphatic carbocycles. The van der Waals surface area contributed by atoms with Crippen LogP contribution in [0.3, 0.4) is 0 Å². The number of carbonyl (C=O) groups excluding carboxylic acids is 2. The first-order valence-electron chi connectivity index (χ1n) is 12.5. The second-order valence-electron chi connectivity index (χ2n) is 9.72. The molecule has 3 aromatic rings. The SMILES string of the molecule is Cc1ccc(N(CC(=O)N(Cc2ccc(Cl)c(Cl)c2)C(C)C(=O)NC(C)C)S(=O)(=O)c2ccccc2)c(C)c1. The Bertz CT molecular complexity index is 1450. The number of nitrogens with one attached hydrogen (secondary N) is 1. The standard InChI is InChI=1S/C29H33Cl2N3O4S/c1-19(2)32-29(36)22(5)33(17-23-12-13-25(30)26(31)16-23)28(35)18-34(27-14-11-20(3)15-21(27)4)39(37,38)24-9-7-6-8-10-24/h6-16,19,22H,17-18H2,1-5H3,(H,32,36). The number of sulfonamides is 1. The van der Waals surface area contributed by atoms with E-state index >= 15 is 0 Å². The van der Waals surface area contributed by atoms with Gasteiger partial charge in [-0.25, -0.2) is 8.42 Å². The molecule has 2 amide bonds. The van der Waals surface area contributed by atoms with Crippen LogP contribution in [0.2, 0.25) is 10.0 Å². The van der Waals surface area contributed by atoms with Gasteiger partial charge in [0.05, 0.1) is 20.6 Å². The monoisotopic (exact) mass is 589 g/mol. The highest BCUT2D eigenvalue weighted by molar-refractivity contribution is 7.92. The van der Waals surface area contributed by atoms with Gasteiger partial charge in [0.1, 0.15) is 12.6 Å². The summed E-state index contributed by atoms with van der Waals surface area (Å²) in [6.45, 7) is 8.48. The van der Waals surface area contributed by atoms with Gasteiger partial charge in [-0.2, -0.15) is 0 Å². The van der Waals surface area contributed by atoms with Crippen molar-refractivity contribution in [2.45, 2.75) is 58.1 Å². The highest BCUT2D eigenvalue weighted by Crippen LogP contribution is 2.29. The van der Waals surface area contributed by atoms with Gasteiger partial charge in [-0.1, -0.05) is 65.2 Å². The Hall–Kier alpha value is -3.07. The molecule has 0 radical (unpaired) electrons. The molecule has 0 fully saturated rings. The van der Waals surface area contributed by atoms with Crippen LogP contribution in [0.25, 0.3) is 0 Å². The van der Waals surface area contributed by atoms with Crippen LogP contribution in [-0.2, 0) is 26.2 Å². The Morgan fingerprint density at radius 3 is 2.15 bits per heavy atom. The predicted octanol–water partition coefficient (Wildman–Crippen LogP) is 5.75. The van der Waals surface area contributed by atoms with E-state index in [1.54, 1.807) is 62.4 Å². The number of anilines is 1. The Labute approximate surface area is 240 Å². The molecule has 39 heavy (non-hydrogen) atoms. The molecule has 0 aliphatic heterocycles. The zero-order valence-corrected chi connectivity index (χ0v) is 24.9. The Kier molecular flexibility index (Phi) is 10.0. The van der Waals surface area contributed by atoms with Crippen LogP contribution in [-0.4, -0.2) is 43.8 Å². The van der Waals surface area contributed by atoms with Gasteiger partial charge in [-0.15, -0.1) is 0 Å². The predicted molar refractivity (Wildman–Crippen MR) is 157 cm³/mol. The van der Waals surface area contributed by atoms with Crippen molar-refractivity contribution >= 4 is 50.7 Å². The maximum atomic E-state index is 14.0. The third-order valence-electron chi connectivity index (χ3n) is 6.17. The van der Waals surface area contributed by atoms with Crippen LogP contribution in [0.5, 0.6) is 0 Å². The third kappa shape index (κ3) is 7.53. The zero-order valence-electron chi connectivity index (χ0n) is 22.6. The van der Waals surface area contributed by atoms with E-state index in [0.717, 1.165) is 9.87 Å². The molecular weight excluding hydrogens is 557 g/mol. The van der Waals surface area contributed by atoms with Crippen LogP contribution in [0.1, 0.15) is 37.5 Å². The third-order valence-corrected chi connectivity index (χ3v) is 8.68. The van der Waals surface area contributed by atoms with Crippen molar-refractivity contribution in [1.82, 2.24) is 10.2 Å². The van der Waals surface area contributed by atoms with Crippen molar-refractivity contribution in [3.8, 4) is 0 Å². The lowest BCUT2D eigenvalue weighted by atomic mass is 10.1. The number of carbonyl (C=O) groups is 2. The van der Waals surface area contributed by atoms with Gasteiger partial charge in [0.2, 0.25) is 11.8 Å². The average molecular weight is 591 g/mol. The van der Waals surface area contributed by atoms with Crippen LogP contribution < -0.4 is 9.62 Å². The first kappa shape index (κ1) is 30.5. The molecule has 0 heterocycles. The van der Waals surface area contributed by atoms with Gasteiger partial charge >= 0.3 is 0 Å². The molecule has 0 saturated heterocycles. The van der Waals surface area contributed by atoms with E-state index in [2.05, 4.69) is 5.32 Å². The molecule has 0 spiro atoms. The lowest BCUT2D eigenvalue weighted by Crippen LogP contribution is -2.52. The van der Waals surface area contributed by atoms with Crippen molar-refractivity contribution < 1.29 is 18.0 Å². The minimum absolute atomic E-state index is 0.0223. The lowest BCUT2D eigenvalue weighted by Gasteiger charge is -2.32. The molecule has 0 saturated carbocycles. The molecule has 1 atom stereocenters. The van der Waals surface area contributed by atoms with Gasteiger partial charge in [0.25, 0.3) is 10.0 Å². The van der Waals surface area contributed by atoms with Crippen LogP contribution in [0.15, 0.2) is 71.6 Å². The maximum absolute atomic E-state index is 14.0. The molecule has 1 unspecified atom stereocenters. The van der Waals surface area contributed by atoms with Crippen molar-refractivity contribution in [2.75, 3.05) is 10.8 Å². The van der Waals surface area contributed by atoms with E-state index in [1.807, 2.05) is 26.8 Å². The normalized spacial score (nSPS) is 12.2. The number of amides is 2. The minimum Gasteiger partial charge on any atom is -0.352 e. The number of hydrogen-bond donors (Lipinski definition) is 1. The lowest BCUT2D eigenvalue weighted by molar-refractivity contribution is -0.139. The van der Waals surface area contributed by atoms with Crippen LogP contribution in [0, 0.1) is 13.8 Å². The molecule has 3 rings (SSSR count). The highest BCUT2D eigenvalue weighted by Gasteiger charge is 2.33. The van der Waals surface area contributed by atoms with Crippen molar-refractivity contribution in [1.29, 1.82) is 0 Å². The van der Waals surface area contributed by atoms with E-state index in [0.29, 0.717) is 26.9 Å². The van der Waals surface area contributed by atoms with Gasteiger partial charge in [-0.05, 0) is 76.1 Å². The fourth-order valence-electron chi connectivity index (χ4n) is 4.14. The van der Waals surface area contributed by atoms with E-state index < -0.39 is 28.5 Å². The number of rotatable bonds is 10. The molecule has 0 bridgehead atoms. The fourth-order valence-corrected chi connectivity index (χ4v) is 5.96. The minimum atomic E-state index is -4.12. The van der Waals surface area contributed by atoms with Crippen LogP contribution >= 0.6 is 23.2 Å². The Morgan fingerprint density at radius 1 is 0.897 bits per heavy atom. The molecule has 1 N–H and O–H groups in total. The summed E-state index contributed by atoms with van der Waals surface area (Å²) < 4.78 is 28.8. The van der Waals surface area contributed by atoms with Crippen molar-refractivity contribution in [2.24, 2.45) is 0 Å². The van der Waals surface area contributed by atoms with Gasteiger partial charge < -0.3 is 10.2 Å². The summed E-state index contributed by atoms with van der Waals surface area (Å²) in [5, 5.41) is 3.50. The second-order valence-corrected chi connectivity index (χ2v) is 12.4. The van der Waals surface area contributed by atoms with Crippen molar-refractivity contribution in [3.05, 3.63) is 93.5 Å². The number of nitrogens with zero attached hydrogens (tertiary/aromatic N) is 2. The summed E-state index contributed by atoms with van der Waals surface area (Å²) in [7, 11) is -4.12. The van der Waals surface area contributed by atoms with Crippen LogP contribution in [0.4, 0.5) is 5.69 Å². The van der Waals surface area contributed by atoms with Gasteiger partial charge in [0.15, 0.2) is 0 Å². The Balaban J connectivity index is 2.07. The first-order valence-corrected chi connectivity index (χ1v) is 14.7. The summed E-state index contributed by atoms with van der Waals surface area (Å²) >= 11 is 12.3. The number of aryl methyl sites for hydroxylation is 2. The molecular formula is C29H33Cl2N3O4S. The summed E-state index contributed by atoms with van der Waals surface area (Å²) in [5.41, 5.74) is 2.68. The summed E-state index contributed by atoms with van der Waals surface area (Å²) in [5.74, 6) is -0.908. The summed E-state index contributed by atoms with van der Waals surface area (Å²) in [4.78, 5) is 28.4. The topological polar surface area (TPSA) is 86.8 Å². The highest BCUT2D eigenvalue weighted by atomic mass is 35.5. The van der Waals surface area contributed by atoms with Crippen molar-refractivity contribution in [3.63, 3.8) is 0 Å². The smallest absolute Gasteiger partial charge is 0.264 e.